The summed E-state index contributed by atoms with van der Waals surface area (Å²) in [5, 5.41) is 19.2. The number of esters is 1. The van der Waals surface area contributed by atoms with Gasteiger partial charge in [0.15, 0.2) is 6.10 Å². The summed E-state index contributed by atoms with van der Waals surface area (Å²) in [4.78, 5) is 46.2. The number of nitro groups is 1. The molecule has 2 aromatic rings. The van der Waals surface area contributed by atoms with Gasteiger partial charge in [0.2, 0.25) is 5.91 Å². The zero-order valence-electron chi connectivity index (χ0n) is 16.7. The first-order valence-corrected chi connectivity index (χ1v) is 9.13. The van der Waals surface area contributed by atoms with E-state index in [2.05, 4.69) is 16.0 Å². The largest absolute Gasteiger partial charge is 0.449 e. The van der Waals surface area contributed by atoms with Crippen molar-refractivity contribution >= 4 is 40.5 Å². The molecule has 0 saturated heterocycles. The molecule has 3 N–H and O–H groups in total. The third-order valence-corrected chi connectivity index (χ3v) is 3.92. The summed E-state index contributed by atoms with van der Waals surface area (Å²) in [6, 6.07) is 10.3. The SMILES string of the molecule is CCNc1ccc(C(=O)OC(C)C(=O)Nc2ccc(NC(C)=O)cc2)cc1[N+](=O)[O-]. The maximum absolute atomic E-state index is 12.3. The molecule has 0 aromatic heterocycles. The molecule has 0 radical (unpaired) electrons. The van der Waals surface area contributed by atoms with E-state index >= 15 is 0 Å². The molecular formula is C20H22N4O6. The molecule has 30 heavy (non-hydrogen) atoms. The Bertz CT molecular complexity index is 958. The highest BCUT2D eigenvalue weighted by Crippen LogP contribution is 2.26. The van der Waals surface area contributed by atoms with Gasteiger partial charge in [0, 0.05) is 30.9 Å². The lowest BCUT2D eigenvalue weighted by Crippen LogP contribution is -2.30. The van der Waals surface area contributed by atoms with Crippen LogP contribution in [0.1, 0.15) is 31.1 Å². The van der Waals surface area contributed by atoms with Gasteiger partial charge in [-0.3, -0.25) is 19.7 Å². The van der Waals surface area contributed by atoms with Crippen molar-refractivity contribution in [3.05, 3.63) is 58.1 Å². The number of hydrogen-bond donors (Lipinski definition) is 3. The third-order valence-electron chi connectivity index (χ3n) is 3.92. The second kappa shape index (κ2) is 10.0. The highest BCUT2D eigenvalue weighted by atomic mass is 16.6. The van der Waals surface area contributed by atoms with Crippen LogP contribution < -0.4 is 16.0 Å². The molecular weight excluding hydrogens is 392 g/mol. The molecule has 0 heterocycles. The number of carbonyl (C=O) groups excluding carboxylic acids is 3. The summed E-state index contributed by atoms with van der Waals surface area (Å²) < 4.78 is 5.13. The molecule has 158 valence electrons. The van der Waals surface area contributed by atoms with Crippen molar-refractivity contribution in [3.63, 3.8) is 0 Å². The Morgan fingerprint density at radius 1 is 1.07 bits per heavy atom. The summed E-state index contributed by atoms with van der Waals surface area (Å²) >= 11 is 0. The number of benzene rings is 2. The zero-order valence-corrected chi connectivity index (χ0v) is 16.7. The van der Waals surface area contributed by atoms with Gasteiger partial charge in [0.1, 0.15) is 5.69 Å². The quantitative estimate of drug-likeness (QED) is 0.342. The molecule has 10 nitrogen and oxygen atoms in total. The number of nitrogens with one attached hydrogen (secondary N) is 3. The Balaban J connectivity index is 2.02. The van der Waals surface area contributed by atoms with Crippen LogP contribution in [0.15, 0.2) is 42.5 Å². The van der Waals surface area contributed by atoms with Crippen LogP contribution >= 0.6 is 0 Å². The Labute approximate surface area is 172 Å². The summed E-state index contributed by atoms with van der Waals surface area (Å²) in [5.74, 6) is -1.65. The van der Waals surface area contributed by atoms with E-state index in [0.717, 1.165) is 6.07 Å². The number of carbonyl (C=O) groups is 3. The van der Waals surface area contributed by atoms with Gasteiger partial charge in [0.05, 0.1) is 10.5 Å². The van der Waals surface area contributed by atoms with Crippen molar-refractivity contribution in [2.75, 3.05) is 22.5 Å². The Hall–Kier alpha value is -3.95. The van der Waals surface area contributed by atoms with Gasteiger partial charge in [-0.25, -0.2) is 4.79 Å². The molecule has 0 aliphatic carbocycles. The zero-order chi connectivity index (χ0) is 22.3. The van der Waals surface area contributed by atoms with E-state index in [9.17, 15) is 24.5 Å². The van der Waals surface area contributed by atoms with Crippen molar-refractivity contribution in [1.29, 1.82) is 0 Å². The molecule has 0 aliphatic heterocycles. The number of amides is 2. The fraction of sp³-hybridized carbons (Fsp3) is 0.250. The molecule has 0 aliphatic rings. The number of rotatable bonds is 8. The van der Waals surface area contributed by atoms with Crippen molar-refractivity contribution in [1.82, 2.24) is 0 Å². The normalized spacial score (nSPS) is 11.2. The molecule has 0 spiro atoms. The van der Waals surface area contributed by atoms with Gasteiger partial charge < -0.3 is 20.7 Å². The van der Waals surface area contributed by atoms with Crippen LogP contribution in [0.2, 0.25) is 0 Å². The predicted molar refractivity (Wildman–Crippen MR) is 112 cm³/mol. The molecule has 1 unspecified atom stereocenters. The Kier molecular flexibility index (Phi) is 7.45. The van der Waals surface area contributed by atoms with Gasteiger partial charge >= 0.3 is 5.97 Å². The van der Waals surface area contributed by atoms with E-state index in [1.54, 1.807) is 31.2 Å². The molecule has 2 rings (SSSR count). The maximum atomic E-state index is 12.3. The minimum atomic E-state index is -1.14. The first-order valence-electron chi connectivity index (χ1n) is 9.13. The van der Waals surface area contributed by atoms with Crippen molar-refractivity contribution < 1.29 is 24.0 Å². The van der Waals surface area contributed by atoms with Crippen LogP contribution in [0.25, 0.3) is 0 Å². The minimum Gasteiger partial charge on any atom is -0.449 e. The lowest BCUT2D eigenvalue weighted by molar-refractivity contribution is -0.384. The van der Waals surface area contributed by atoms with E-state index < -0.39 is 22.9 Å². The molecule has 10 heteroatoms. The molecule has 2 amide bonds. The molecule has 0 bridgehead atoms. The minimum absolute atomic E-state index is 0.0392. The van der Waals surface area contributed by atoms with Crippen LogP contribution in [0.4, 0.5) is 22.7 Å². The van der Waals surface area contributed by atoms with Crippen LogP contribution in [0, 0.1) is 10.1 Å². The van der Waals surface area contributed by atoms with E-state index in [1.807, 2.05) is 0 Å². The number of anilines is 3. The predicted octanol–water partition coefficient (Wildman–Crippen LogP) is 3.17. The highest BCUT2D eigenvalue weighted by Gasteiger charge is 2.22. The van der Waals surface area contributed by atoms with Crippen molar-refractivity contribution in [3.8, 4) is 0 Å². The van der Waals surface area contributed by atoms with E-state index in [4.69, 9.17) is 4.74 Å². The average molecular weight is 414 g/mol. The number of hydrogen-bond acceptors (Lipinski definition) is 7. The molecule has 0 saturated carbocycles. The van der Waals surface area contributed by atoms with Gasteiger partial charge in [-0.2, -0.15) is 0 Å². The fourth-order valence-electron chi connectivity index (χ4n) is 2.52. The average Bonchev–Trinajstić information content (AvgIpc) is 2.69. The van der Waals surface area contributed by atoms with E-state index in [1.165, 1.54) is 26.0 Å². The molecule has 0 fully saturated rings. The van der Waals surface area contributed by atoms with Gasteiger partial charge in [-0.1, -0.05) is 0 Å². The number of ether oxygens (including phenoxy) is 1. The number of nitrogens with zero attached hydrogens (tertiary/aromatic N) is 1. The first kappa shape index (κ1) is 22.3. The number of nitro benzene ring substituents is 1. The van der Waals surface area contributed by atoms with Gasteiger partial charge in [-0.15, -0.1) is 0 Å². The third kappa shape index (κ3) is 6.03. The summed E-state index contributed by atoms with van der Waals surface area (Å²) in [5.41, 5.74) is 1.00. The maximum Gasteiger partial charge on any atom is 0.339 e. The van der Waals surface area contributed by atoms with Gasteiger partial charge in [-0.05, 0) is 50.2 Å². The van der Waals surface area contributed by atoms with Crippen molar-refractivity contribution in [2.24, 2.45) is 0 Å². The Morgan fingerprint density at radius 2 is 1.67 bits per heavy atom. The standard InChI is InChI=1S/C20H22N4O6/c1-4-21-17-10-5-14(11-18(17)24(28)29)20(27)30-12(2)19(26)23-16-8-6-15(7-9-16)22-13(3)25/h5-12,21H,4H2,1-3H3,(H,22,25)(H,23,26). The monoisotopic (exact) mass is 414 g/mol. The van der Waals surface area contributed by atoms with Gasteiger partial charge in [0.25, 0.3) is 11.6 Å². The van der Waals surface area contributed by atoms with E-state index in [0.29, 0.717) is 17.9 Å². The van der Waals surface area contributed by atoms with Crippen molar-refractivity contribution in [2.45, 2.75) is 26.9 Å². The molecule has 1 atom stereocenters. The first-order chi connectivity index (χ1) is 14.2. The van der Waals surface area contributed by atoms with Crippen LogP contribution in [-0.2, 0) is 14.3 Å². The Morgan fingerprint density at radius 3 is 2.20 bits per heavy atom. The summed E-state index contributed by atoms with van der Waals surface area (Å²) in [6.07, 6.45) is -1.14. The van der Waals surface area contributed by atoms with Crippen LogP contribution in [0.5, 0.6) is 0 Å². The summed E-state index contributed by atoms with van der Waals surface area (Å²) in [7, 11) is 0. The second-order valence-corrected chi connectivity index (χ2v) is 6.31. The lowest BCUT2D eigenvalue weighted by Gasteiger charge is -2.14. The topological polar surface area (TPSA) is 140 Å². The fourth-order valence-corrected chi connectivity index (χ4v) is 2.52. The van der Waals surface area contributed by atoms with E-state index in [-0.39, 0.29) is 22.8 Å². The van der Waals surface area contributed by atoms with Crippen LogP contribution in [-0.4, -0.2) is 35.4 Å². The smallest absolute Gasteiger partial charge is 0.339 e. The summed E-state index contributed by atoms with van der Waals surface area (Å²) in [6.45, 7) is 5.04. The highest BCUT2D eigenvalue weighted by molar-refractivity contribution is 5.98. The lowest BCUT2D eigenvalue weighted by atomic mass is 10.1. The van der Waals surface area contributed by atoms with Crippen LogP contribution in [0.3, 0.4) is 0 Å². The molecule has 2 aromatic carbocycles. The second-order valence-electron chi connectivity index (χ2n) is 6.31.